The number of rotatable bonds is 19. The summed E-state index contributed by atoms with van der Waals surface area (Å²) in [4.78, 5) is 74.3. The summed E-state index contributed by atoms with van der Waals surface area (Å²) in [6.07, 6.45) is 3.62. The molecule has 4 saturated heterocycles. The fourth-order valence-electron chi connectivity index (χ4n) is 9.82. The number of amides is 4. The van der Waals surface area contributed by atoms with Crippen LogP contribution in [0.25, 0.3) is 0 Å². The van der Waals surface area contributed by atoms with Gasteiger partial charge in [0.25, 0.3) is 0 Å². The van der Waals surface area contributed by atoms with Crippen molar-refractivity contribution >= 4 is 70.1 Å². The summed E-state index contributed by atoms with van der Waals surface area (Å²) in [5.41, 5.74) is 0.763. The third-order valence-electron chi connectivity index (χ3n) is 14.1. The SMILES string of the molecule is CC[C@@H](C)C(=S)N[C@H]1CCS[C@H]2CC(C)(C)[C@@H](C(=O)N[C@H](COCC#CC#CCOC[C@@H](NC(=O)[C@H]3N4C(=O)[C@@H](CC(=O)[C@H](C)NC)CCS[C@H]4CC3(C)C)c3ccccc3)c3ccccc3)N2C1=O. The summed E-state index contributed by atoms with van der Waals surface area (Å²) < 4.78 is 12.0. The van der Waals surface area contributed by atoms with Crippen LogP contribution in [-0.4, -0.2) is 124 Å². The molecule has 0 radical (unpaired) electrons. The molecule has 0 aliphatic carbocycles. The summed E-state index contributed by atoms with van der Waals surface area (Å²) in [7, 11) is 1.73. The lowest BCUT2D eigenvalue weighted by molar-refractivity contribution is -0.145. The van der Waals surface area contributed by atoms with Crippen LogP contribution in [0, 0.1) is 46.3 Å². The van der Waals surface area contributed by atoms with Gasteiger partial charge in [0.2, 0.25) is 23.6 Å². The number of ether oxygens (including phenoxy) is 2. The highest BCUT2D eigenvalue weighted by Gasteiger charge is 2.56. The number of ketones is 1. The van der Waals surface area contributed by atoms with Crippen LogP contribution in [0.15, 0.2) is 60.7 Å². The second kappa shape index (κ2) is 25.3. The molecule has 4 N–H and O–H groups in total. The monoisotopic (exact) mass is 1010 g/mol. The van der Waals surface area contributed by atoms with Crippen LogP contribution < -0.4 is 21.3 Å². The van der Waals surface area contributed by atoms with E-state index in [-0.39, 0.29) is 85.0 Å². The van der Waals surface area contributed by atoms with E-state index in [1.54, 1.807) is 47.3 Å². The average molecular weight is 1010 g/mol. The minimum atomic E-state index is -0.718. The van der Waals surface area contributed by atoms with Gasteiger partial charge in [-0.1, -0.05) is 126 Å². The van der Waals surface area contributed by atoms with Crippen molar-refractivity contribution in [2.24, 2.45) is 22.7 Å². The first-order chi connectivity index (χ1) is 33.5. The molecule has 0 bridgehead atoms. The molecule has 16 heteroatoms. The number of carbonyl (C=O) groups excluding carboxylic acids is 5. The first-order valence-corrected chi connectivity index (χ1v) is 27.2. The number of nitrogens with one attached hydrogen (secondary N) is 4. The highest BCUT2D eigenvalue weighted by Crippen LogP contribution is 2.48. The van der Waals surface area contributed by atoms with E-state index in [1.807, 2.05) is 74.5 Å². The van der Waals surface area contributed by atoms with Crippen molar-refractivity contribution in [1.82, 2.24) is 31.1 Å². The Labute approximate surface area is 429 Å². The molecule has 4 aliphatic heterocycles. The standard InChI is InChI=1S/C54H72N6O7S3/c1-9-35(2)50(68)58-40-25-29-70-45-32-54(6,7)47(60(45)52(40)65)49(63)57-42(38-22-16-13-17-23-38)34-67-27-19-11-10-18-26-66-33-41(37-20-14-12-15-21-37)56-48(62)46-53(4,5)31-44-59(46)51(64)39(24-28-69-44)30-43(61)36(3)55-8/h12-17,20-23,35-36,39-42,44-47,55H,9,24-34H2,1-8H3,(H,56,62)(H,57,63)(H,58,68)/t35-,36+,39-,40+,41-,42-,44+,45+,46-,47-/m1/s1. The van der Waals surface area contributed by atoms with Crippen molar-refractivity contribution in [2.75, 3.05) is 45.0 Å². The Kier molecular flexibility index (Phi) is 19.8. The molecule has 0 unspecified atom stereocenters. The largest absolute Gasteiger partial charge is 0.368 e. The minimum Gasteiger partial charge on any atom is -0.368 e. The third-order valence-corrected chi connectivity index (χ3v) is 17.2. The Morgan fingerprint density at radius 1 is 0.757 bits per heavy atom. The Hall–Kier alpha value is -4.42. The van der Waals surface area contributed by atoms with Crippen LogP contribution in [0.1, 0.15) is 110 Å². The summed E-state index contributed by atoms with van der Waals surface area (Å²) in [5, 5.41) is 12.5. The predicted molar refractivity (Wildman–Crippen MR) is 282 cm³/mol. The highest BCUT2D eigenvalue weighted by atomic mass is 32.2. The minimum absolute atomic E-state index is 0.0114. The molecule has 0 spiro atoms. The number of Topliss-reactive ketones (excluding diaryl/α,β-unsaturated/α-hetero) is 1. The van der Waals surface area contributed by atoms with E-state index >= 15 is 0 Å². The van der Waals surface area contributed by atoms with Crippen molar-refractivity contribution in [1.29, 1.82) is 0 Å². The first kappa shape index (κ1) is 54.9. The van der Waals surface area contributed by atoms with Crippen molar-refractivity contribution in [2.45, 2.75) is 134 Å². The van der Waals surface area contributed by atoms with Gasteiger partial charge < -0.3 is 40.5 Å². The van der Waals surface area contributed by atoms with Crippen LogP contribution >= 0.6 is 35.7 Å². The van der Waals surface area contributed by atoms with Gasteiger partial charge >= 0.3 is 0 Å². The van der Waals surface area contributed by atoms with Gasteiger partial charge in [-0.3, -0.25) is 24.0 Å². The van der Waals surface area contributed by atoms with Gasteiger partial charge in [-0.25, -0.2) is 0 Å². The average Bonchev–Trinajstić information content (AvgIpc) is 3.66. The number of nitrogens with zero attached hydrogens (tertiary/aromatic N) is 2. The zero-order chi connectivity index (χ0) is 50.6. The van der Waals surface area contributed by atoms with Gasteiger partial charge in [-0.15, -0.1) is 23.5 Å². The molecule has 0 aromatic heterocycles. The number of fused-ring (bicyclic) bond motifs is 2. The quantitative estimate of drug-likeness (QED) is 0.0696. The topological polar surface area (TPSA) is 158 Å². The van der Waals surface area contributed by atoms with E-state index < -0.39 is 47.0 Å². The van der Waals surface area contributed by atoms with Crippen molar-refractivity contribution in [3.05, 3.63) is 71.8 Å². The number of benzene rings is 2. The molecule has 4 aliphatic rings. The summed E-state index contributed by atoms with van der Waals surface area (Å²) in [6, 6.07) is 16.0. The van der Waals surface area contributed by atoms with Crippen molar-refractivity contribution in [3.63, 3.8) is 0 Å². The van der Waals surface area contributed by atoms with Crippen LogP contribution in [0.2, 0.25) is 0 Å². The van der Waals surface area contributed by atoms with E-state index in [0.717, 1.165) is 29.1 Å². The zero-order valence-electron chi connectivity index (χ0n) is 42.0. The second-order valence-electron chi connectivity index (χ2n) is 20.2. The van der Waals surface area contributed by atoms with Crippen molar-refractivity contribution in [3.8, 4) is 23.7 Å². The molecule has 6 rings (SSSR count). The van der Waals surface area contributed by atoms with Gasteiger partial charge in [0.05, 0.1) is 47.1 Å². The van der Waals surface area contributed by atoms with Gasteiger partial charge in [-0.05, 0) is 91.4 Å². The molecule has 4 amide bonds. The van der Waals surface area contributed by atoms with Gasteiger partial charge in [0, 0.05) is 18.3 Å². The van der Waals surface area contributed by atoms with E-state index in [1.165, 1.54) is 0 Å². The highest BCUT2D eigenvalue weighted by molar-refractivity contribution is 8.00. The molecule has 4 fully saturated rings. The maximum atomic E-state index is 14.4. The Morgan fingerprint density at radius 2 is 1.23 bits per heavy atom. The third kappa shape index (κ3) is 13.7. The number of carbonyl (C=O) groups is 5. The number of hydrogen-bond donors (Lipinski definition) is 4. The van der Waals surface area contributed by atoms with Crippen LogP contribution in [0.5, 0.6) is 0 Å². The number of hydrogen-bond acceptors (Lipinski definition) is 11. The zero-order valence-corrected chi connectivity index (χ0v) is 44.5. The van der Waals surface area contributed by atoms with E-state index in [0.29, 0.717) is 30.7 Å². The van der Waals surface area contributed by atoms with Gasteiger partial charge in [0.15, 0.2) is 0 Å². The molecule has 2 aromatic rings. The predicted octanol–water partition coefficient (Wildman–Crippen LogP) is 6.44. The fraction of sp³-hybridized carbons (Fsp3) is 0.593. The van der Waals surface area contributed by atoms with E-state index in [2.05, 4.69) is 72.6 Å². The molecule has 2 aromatic carbocycles. The molecular weight excluding hydrogens is 941 g/mol. The molecule has 378 valence electrons. The summed E-state index contributed by atoms with van der Waals surface area (Å²) in [6.45, 7) is 14.5. The van der Waals surface area contributed by atoms with Crippen LogP contribution in [-0.2, 0) is 33.4 Å². The molecule has 4 heterocycles. The van der Waals surface area contributed by atoms with Crippen molar-refractivity contribution < 1.29 is 33.4 Å². The van der Waals surface area contributed by atoms with Crippen LogP contribution in [0.4, 0.5) is 0 Å². The smallest absolute Gasteiger partial charge is 0.246 e. The van der Waals surface area contributed by atoms with E-state index in [4.69, 9.17) is 21.7 Å². The molecule has 0 saturated carbocycles. The Morgan fingerprint density at radius 3 is 1.70 bits per heavy atom. The number of thioether (sulfide) groups is 2. The van der Waals surface area contributed by atoms with Gasteiger partial charge in [0.1, 0.15) is 37.1 Å². The molecular formula is C54H72N6O7S3. The summed E-state index contributed by atoms with van der Waals surface area (Å²) in [5.74, 6) is 12.0. The van der Waals surface area contributed by atoms with E-state index in [9.17, 15) is 24.0 Å². The molecule has 13 nitrogen and oxygen atoms in total. The van der Waals surface area contributed by atoms with Crippen LogP contribution in [0.3, 0.4) is 0 Å². The Balaban J connectivity index is 1.04. The normalized spacial score (nSPS) is 25.2. The first-order valence-electron chi connectivity index (χ1n) is 24.7. The maximum Gasteiger partial charge on any atom is 0.246 e. The lowest BCUT2D eigenvalue weighted by atomic mass is 9.83. The maximum absolute atomic E-state index is 14.4. The van der Waals surface area contributed by atoms with Gasteiger partial charge in [-0.2, -0.15) is 0 Å². The molecule has 70 heavy (non-hydrogen) atoms. The number of thiocarbonyl (C=S) groups is 1. The second-order valence-corrected chi connectivity index (χ2v) is 23.2. The lowest BCUT2D eigenvalue weighted by Crippen LogP contribution is -2.57. The summed E-state index contributed by atoms with van der Waals surface area (Å²) >= 11 is 9.08. The fourth-order valence-corrected chi connectivity index (χ4v) is 13.3. The molecule has 10 atom stereocenters. The number of likely N-dealkylation sites (N-methyl/N-ethyl adjacent to an activating group) is 1. The Bertz CT molecular complexity index is 2140. The lowest BCUT2D eigenvalue weighted by Gasteiger charge is -2.35.